The lowest BCUT2D eigenvalue weighted by Gasteiger charge is -2.28. The molecule has 0 aromatic heterocycles. The Labute approximate surface area is 722 Å². The van der Waals surface area contributed by atoms with Crippen LogP contribution in [0.4, 0.5) is 83.4 Å². The van der Waals surface area contributed by atoms with Gasteiger partial charge < -0.3 is 61.1 Å². The number of hydrogen-bond acceptors (Lipinski definition) is 11. The molecule has 12 aromatic carbocycles. The van der Waals surface area contributed by atoms with Crippen LogP contribution in [0.2, 0.25) is 0 Å². The molecule has 0 unspecified atom stereocenters. The summed E-state index contributed by atoms with van der Waals surface area (Å²) in [4.78, 5) is 32.6. The van der Waals surface area contributed by atoms with Crippen molar-refractivity contribution in [3.05, 3.63) is 386 Å². The third kappa shape index (κ3) is 32.4. The molecule has 0 aliphatic carbocycles. The number of carboxylic acids is 1. The zero-order chi connectivity index (χ0) is 91.7. The number of phenolic OH excluding ortho intramolecular Hbond substituents is 1. The number of ether oxygens (including phenoxy) is 5. The topological polar surface area (TPSA) is 178 Å². The molecule has 0 atom stereocenters. The summed E-state index contributed by atoms with van der Waals surface area (Å²) in [5.41, 5.74) is 0.453. The summed E-state index contributed by atoms with van der Waals surface area (Å²) < 4.78 is 265. The average Bonchev–Trinajstić information content (AvgIpc) is 0.746. The van der Waals surface area contributed by atoms with Crippen LogP contribution in [0.15, 0.2) is 285 Å². The van der Waals surface area contributed by atoms with Gasteiger partial charge in [-0.2, -0.15) is 65.9 Å². The van der Waals surface area contributed by atoms with Crippen molar-refractivity contribution in [1.82, 2.24) is 0 Å². The number of alkyl halides is 15. The third-order valence-electron chi connectivity index (χ3n) is 18.0. The molecule has 668 valence electrons. The minimum atomic E-state index is -4.38. The number of phenols is 1. The van der Waals surface area contributed by atoms with Gasteiger partial charge in [-0.15, -0.1) is 0 Å². The van der Waals surface area contributed by atoms with E-state index in [1.54, 1.807) is 6.07 Å². The van der Waals surface area contributed by atoms with Crippen molar-refractivity contribution < 1.29 is 159 Å². The van der Waals surface area contributed by atoms with Gasteiger partial charge >= 0.3 is 48.8 Å². The molecule has 0 radical (unpaired) electrons. The maximum atomic E-state index is 14.7. The van der Waals surface area contributed by atoms with Crippen molar-refractivity contribution in [2.75, 3.05) is 40.6 Å². The Hall–Kier alpha value is -12.3. The summed E-state index contributed by atoms with van der Waals surface area (Å²) in [6, 6.07) is 69.3. The SMILES string of the molecule is COC(=O)c1cc(F)ccc1O.COC(=O)c1cc(F)ccc1OCCc1ccc(C(F)(F)F)cc1.Fc1ccc(OCCc2ccc(C(F)(F)F)cc2)c(C[P+](c2ccccc2)(c2ccccc2)c2ccccc2)c1.O=C(O)Cc1ccc(C(F)(F)F)cc1.OCCc1ccc(C(F)(F)F)cc1.OCc1cc(F)ccc1OCCc1ccc(C(F)(F)F)cc1.[Br-]. The van der Waals surface area contributed by atoms with E-state index in [9.17, 15) is 97.8 Å². The summed E-state index contributed by atoms with van der Waals surface area (Å²) >= 11 is 0. The van der Waals surface area contributed by atoms with Crippen molar-refractivity contribution in [1.29, 1.82) is 0 Å². The van der Waals surface area contributed by atoms with Gasteiger partial charge in [-0.1, -0.05) is 115 Å². The van der Waals surface area contributed by atoms with E-state index in [4.69, 9.17) is 34.6 Å². The summed E-state index contributed by atoms with van der Waals surface area (Å²) in [5, 5.41) is 38.6. The number of aromatic hydroxyl groups is 1. The summed E-state index contributed by atoms with van der Waals surface area (Å²) in [6.45, 7) is 0.168. The van der Waals surface area contributed by atoms with Crippen molar-refractivity contribution in [3.63, 3.8) is 0 Å². The van der Waals surface area contributed by atoms with Crippen molar-refractivity contribution in [3.8, 4) is 23.0 Å². The predicted molar refractivity (Wildman–Crippen MR) is 432 cm³/mol. The number of aliphatic hydroxyl groups excluding tert-OH is 2. The van der Waals surface area contributed by atoms with E-state index in [0.717, 1.165) is 121 Å². The van der Waals surface area contributed by atoms with Crippen LogP contribution in [0.5, 0.6) is 23.0 Å². The number of carbonyl (C=O) groups excluding carboxylic acids is 2. The quantitative estimate of drug-likeness (QED) is 0.0256. The fraction of sp³-hybridized carbons (Fsp3) is 0.194. The second kappa shape index (κ2) is 48.3. The molecule has 4 N–H and O–H groups in total. The van der Waals surface area contributed by atoms with Gasteiger partial charge in [-0.05, 0) is 204 Å². The number of carbonyl (C=O) groups is 3. The summed E-state index contributed by atoms with van der Waals surface area (Å²) in [6.07, 6.45) is -19.9. The van der Waals surface area contributed by atoms with E-state index in [-0.39, 0.29) is 84.9 Å². The first-order valence-electron chi connectivity index (χ1n) is 37.3. The lowest BCUT2D eigenvalue weighted by Crippen LogP contribution is -3.00. The lowest BCUT2D eigenvalue weighted by atomic mass is 10.1. The van der Waals surface area contributed by atoms with Crippen LogP contribution in [0.1, 0.15) is 87.5 Å². The van der Waals surface area contributed by atoms with Gasteiger partial charge in [0.25, 0.3) is 0 Å². The highest BCUT2D eigenvalue weighted by Gasteiger charge is 2.46. The number of benzene rings is 12. The largest absolute Gasteiger partial charge is 1.00 e. The Morgan fingerprint density at radius 1 is 0.333 bits per heavy atom. The van der Waals surface area contributed by atoms with E-state index >= 15 is 0 Å². The second-order valence-electron chi connectivity index (χ2n) is 26.7. The Bertz CT molecular complexity index is 5270. The number of methoxy groups -OCH3 is 2. The molecule has 0 heterocycles. The molecule has 0 aliphatic heterocycles. The van der Waals surface area contributed by atoms with E-state index in [1.807, 2.05) is 54.6 Å². The normalized spacial score (nSPS) is 11.3. The van der Waals surface area contributed by atoms with Crippen LogP contribution >= 0.6 is 7.26 Å². The summed E-state index contributed by atoms with van der Waals surface area (Å²) in [7, 11) is 0.0385. The predicted octanol–water partition coefficient (Wildman–Crippen LogP) is 19.1. The Kier molecular flexibility index (Phi) is 39.3. The van der Waals surface area contributed by atoms with Gasteiger partial charge in [-0.3, -0.25) is 4.79 Å². The number of esters is 2. The van der Waals surface area contributed by atoms with Gasteiger partial charge in [-0.25, -0.2) is 27.2 Å². The molecule has 0 fully saturated rings. The first kappa shape index (κ1) is 103. The van der Waals surface area contributed by atoms with E-state index in [0.29, 0.717) is 71.2 Å². The molecule has 0 aliphatic rings. The minimum Gasteiger partial charge on any atom is -1.00 e. The van der Waals surface area contributed by atoms with Crippen LogP contribution in [0, 0.1) is 23.3 Å². The Morgan fingerprint density at radius 2 is 0.611 bits per heavy atom. The van der Waals surface area contributed by atoms with E-state index in [2.05, 4.69) is 45.9 Å². The van der Waals surface area contributed by atoms with Crippen molar-refractivity contribution >= 4 is 41.1 Å². The highest BCUT2D eigenvalue weighted by molar-refractivity contribution is 7.95. The average molecular weight is 1860 g/mol. The Morgan fingerprint density at radius 3 is 0.929 bits per heavy atom. The smallest absolute Gasteiger partial charge is 0.416 e. The summed E-state index contributed by atoms with van der Waals surface area (Å²) in [5.74, 6) is -3.79. The Balaban J connectivity index is 0.000000248. The maximum Gasteiger partial charge on any atom is 0.416 e. The van der Waals surface area contributed by atoms with Gasteiger partial charge in [0.05, 0.1) is 74.9 Å². The molecule has 33 heteroatoms. The molecular formula is C93H79BrF19O12P. The van der Waals surface area contributed by atoms with Crippen LogP contribution in [-0.2, 0) is 90.0 Å². The molecule has 12 aromatic rings. The van der Waals surface area contributed by atoms with E-state index < -0.39 is 101 Å². The molecule has 0 saturated heterocycles. The first-order chi connectivity index (χ1) is 59.1. The first-order valence-corrected chi connectivity index (χ1v) is 39.3. The number of hydrogen-bond donors (Lipinski definition) is 4. The molecule has 12 rings (SSSR count). The standard InChI is InChI=1S/C34H28F4OP.C17H14F4O3.C16H14F4O2.C9H7F3O2.C9H9F3O.C8H7FO3.BrH/c35-29-20-21-33(39-23-22-26-16-18-28(19-17-26)34(36,37)38)27(24-29)25-40(30-10-4-1-5-11-30,31-12-6-2-7-13-31)32-14-8-3-9-15-32;1-23-16(22)14-10-13(18)6-7-15(14)24-9-8-11-2-4-12(5-3-11)17(19,20)21;17-14-5-6-15(12(9-14)10-21)22-8-7-11-1-3-13(4-2-11)16(18,19)20;10-9(11,12)7-3-1-6(2-4-7)5-8(13)14;10-9(11,12)8-3-1-7(2-4-8)5-6-13;1-12-8(11)6-4-5(9)2-3-7(6)10;/h1-21,24H,22-23,25H2;2-7,10H,8-9H2,1H3;1-6,9,21H,7-8,10H2;1-4H,5H2,(H,13,14);1-4,13H,5-6H2;2-4,10H,1H3;1H/q+1;;;;;;/p-1. The number of aliphatic carboxylic acids is 1. The fourth-order valence-corrected chi connectivity index (χ4v) is 16.0. The molecule has 126 heavy (non-hydrogen) atoms. The van der Waals surface area contributed by atoms with Crippen LogP contribution in [-0.4, -0.2) is 79.0 Å². The molecule has 0 bridgehead atoms. The van der Waals surface area contributed by atoms with Crippen LogP contribution in [0.3, 0.4) is 0 Å². The van der Waals surface area contributed by atoms with Crippen LogP contribution in [0.25, 0.3) is 0 Å². The molecular weight excluding hydrogens is 1780 g/mol. The number of halogens is 20. The molecule has 12 nitrogen and oxygen atoms in total. The number of aliphatic hydroxyl groups is 2. The lowest BCUT2D eigenvalue weighted by molar-refractivity contribution is -0.138. The highest BCUT2D eigenvalue weighted by Crippen LogP contribution is 2.59. The zero-order valence-corrected chi connectivity index (χ0v) is 69.0. The fourth-order valence-electron chi connectivity index (χ4n) is 11.7. The molecule has 0 spiro atoms. The van der Waals surface area contributed by atoms with Gasteiger partial charge in [0, 0.05) is 37.0 Å². The highest BCUT2D eigenvalue weighted by atomic mass is 79.9. The van der Waals surface area contributed by atoms with E-state index in [1.165, 1.54) is 108 Å². The molecule has 0 saturated carbocycles. The van der Waals surface area contributed by atoms with Gasteiger partial charge in [0.1, 0.15) is 86.7 Å². The minimum absolute atomic E-state index is 0. The maximum absolute atomic E-state index is 14.7. The van der Waals surface area contributed by atoms with Crippen molar-refractivity contribution in [2.24, 2.45) is 0 Å². The monoisotopic (exact) mass is 1860 g/mol. The molecule has 0 amide bonds. The van der Waals surface area contributed by atoms with Crippen LogP contribution < -0.4 is 47.1 Å². The second-order valence-corrected chi connectivity index (χ2v) is 30.2. The number of rotatable bonds is 24. The van der Waals surface area contributed by atoms with Gasteiger partial charge in [0.2, 0.25) is 0 Å². The third-order valence-corrected chi connectivity index (χ3v) is 22.4. The zero-order valence-electron chi connectivity index (χ0n) is 66.5. The van der Waals surface area contributed by atoms with Crippen molar-refractivity contribution in [2.45, 2.75) is 75.8 Å². The number of carboxylic acid groups (broad SMARTS) is 1. The van der Waals surface area contributed by atoms with Gasteiger partial charge in [0.15, 0.2) is 0 Å².